The Morgan fingerprint density at radius 1 is 1.03 bits per heavy atom. The van der Waals surface area contributed by atoms with Gasteiger partial charge in [-0.1, -0.05) is 66.4 Å². The molecule has 1 amide bonds. The number of thiophene rings is 1. The first-order valence-electron chi connectivity index (χ1n) is 10.3. The minimum absolute atomic E-state index is 0.0252. The number of nitrogens with zero attached hydrogens (tertiary/aromatic N) is 3. The summed E-state index contributed by atoms with van der Waals surface area (Å²) in [5.41, 5.74) is 2.12. The standard InChI is InChI=1S/C24H22N4OS2/c29-21(25-22(20-12-7-15-30-20)17-8-3-1-4-9-17)16-31-24-27-26-23(18-13-14-18)28(24)19-10-5-2-6-11-19/h1-12,15,18,22H,13-14,16H2,(H,25,29). The van der Waals surface area contributed by atoms with E-state index in [0.717, 1.165) is 40.0 Å². The van der Waals surface area contributed by atoms with Crippen LogP contribution < -0.4 is 5.32 Å². The van der Waals surface area contributed by atoms with E-state index in [-0.39, 0.29) is 17.7 Å². The van der Waals surface area contributed by atoms with Crippen LogP contribution in [0.4, 0.5) is 0 Å². The molecule has 1 atom stereocenters. The van der Waals surface area contributed by atoms with E-state index in [0.29, 0.717) is 5.92 Å². The topological polar surface area (TPSA) is 59.8 Å². The summed E-state index contributed by atoms with van der Waals surface area (Å²) in [6.07, 6.45) is 2.30. The van der Waals surface area contributed by atoms with Crippen molar-refractivity contribution in [2.75, 3.05) is 5.75 Å². The normalized spacial score (nSPS) is 14.3. The van der Waals surface area contributed by atoms with Crippen molar-refractivity contribution in [2.45, 2.75) is 30.0 Å². The molecule has 2 heterocycles. The average Bonchev–Trinajstić information content (AvgIpc) is 3.34. The Morgan fingerprint density at radius 2 is 1.77 bits per heavy atom. The number of thioether (sulfide) groups is 1. The van der Waals surface area contributed by atoms with Gasteiger partial charge in [0.15, 0.2) is 5.16 Å². The lowest BCUT2D eigenvalue weighted by Crippen LogP contribution is -2.30. The van der Waals surface area contributed by atoms with Crippen molar-refractivity contribution in [1.82, 2.24) is 20.1 Å². The maximum Gasteiger partial charge on any atom is 0.231 e. The first kappa shape index (κ1) is 20.0. The predicted octanol–water partition coefficient (Wildman–Crippen LogP) is 5.20. The Morgan fingerprint density at radius 3 is 2.45 bits per heavy atom. The monoisotopic (exact) mass is 446 g/mol. The van der Waals surface area contributed by atoms with Crippen molar-refractivity contribution >= 4 is 29.0 Å². The summed E-state index contributed by atoms with van der Waals surface area (Å²) < 4.78 is 2.10. The molecule has 5 nitrogen and oxygen atoms in total. The van der Waals surface area contributed by atoms with E-state index < -0.39 is 0 Å². The highest BCUT2D eigenvalue weighted by Crippen LogP contribution is 2.41. The van der Waals surface area contributed by atoms with Crippen LogP contribution in [0.1, 0.15) is 41.1 Å². The third kappa shape index (κ3) is 4.57. The number of rotatable bonds is 8. The molecule has 2 aromatic heterocycles. The molecule has 1 N–H and O–H groups in total. The maximum atomic E-state index is 12.9. The fourth-order valence-electron chi connectivity index (χ4n) is 3.55. The van der Waals surface area contributed by atoms with Gasteiger partial charge in [0.1, 0.15) is 5.82 Å². The van der Waals surface area contributed by atoms with Crippen LogP contribution in [0.25, 0.3) is 5.69 Å². The Kier molecular flexibility index (Phi) is 5.86. The van der Waals surface area contributed by atoms with Gasteiger partial charge in [0.2, 0.25) is 5.91 Å². The molecule has 0 spiro atoms. The van der Waals surface area contributed by atoms with Gasteiger partial charge in [0.05, 0.1) is 11.8 Å². The van der Waals surface area contributed by atoms with Crippen LogP contribution >= 0.6 is 23.1 Å². The lowest BCUT2D eigenvalue weighted by molar-refractivity contribution is -0.119. The Bertz CT molecular complexity index is 1140. The number of hydrogen-bond donors (Lipinski definition) is 1. The molecule has 1 aliphatic carbocycles. The molecule has 1 unspecified atom stereocenters. The zero-order valence-corrected chi connectivity index (χ0v) is 18.5. The first-order chi connectivity index (χ1) is 15.3. The van der Waals surface area contributed by atoms with E-state index in [1.165, 1.54) is 11.8 Å². The molecular weight excluding hydrogens is 424 g/mol. The molecule has 1 aliphatic rings. The molecule has 156 valence electrons. The molecule has 0 aliphatic heterocycles. The van der Waals surface area contributed by atoms with Crippen LogP contribution in [-0.2, 0) is 4.79 Å². The van der Waals surface area contributed by atoms with E-state index in [9.17, 15) is 4.79 Å². The molecule has 0 saturated heterocycles. The summed E-state index contributed by atoms with van der Waals surface area (Å²) in [7, 11) is 0. The van der Waals surface area contributed by atoms with Crippen molar-refractivity contribution in [3.8, 4) is 5.69 Å². The highest BCUT2D eigenvalue weighted by molar-refractivity contribution is 7.99. The van der Waals surface area contributed by atoms with Gasteiger partial charge in [-0.25, -0.2) is 0 Å². The van der Waals surface area contributed by atoms with Crippen LogP contribution in [0.3, 0.4) is 0 Å². The number of carbonyl (C=O) groups excluding carboxylic acids is 1. The third-order valence-corrected chi connectivity index (χ3v) is 7.08. The van der Waals surface area contributed by atoms with Gasteiger partial charge in [0.25, 0.3) is 0 Å². The molecule has 31 heavy (non-hydrogen) atoms. The van der Waals surface area contributed by atoms with Gasteiger partial charge in [0, 0.05) is 16.5 Å². The van der Waals surface area contributed by atoms with Crippen LogP contribution in [0, 0.1) is 0 Å². The lowest BCUT2D eigenvalue weighted by Gasteiger charge is -2.18. The van der Waals surface area contributed by atoms with Crippen LogP contribution in [0.2, 0.25) is 0 Å². The lowest BCUT2D eigenvalue weighted by atomic mass is 10.1. The van der Waals surface area contributed by atoms with E-state index >= 15 is 0 Å². The number of para-hydroxylation sites is 1. The molecule has 7 heteroatoms. The molecule has 2 aromatic carbocycles. The summed E-state index contributed by atoms with van der Waals surface area (Å²) in [5, 5.41) is 14.9. The maximum absolute atomic E-state index is 12.9. The molecule has 4 aromatic rings. The van der Waals surface area contributed by atoms with Gasteiger partial charge in [-0.15, -0.1) is 21.5 Å². The summed E-state index contributed by atoms with van der Waals surface area (Å²) >= 11 is 3.08. The van der Waals surface area contributed by atoms with Crippen molar-refractivity contribution < 1.29 is 4.79 Å². The summed E-state index contributed by atoms with van der Waals surface area (Å²) in [4.78, 5) is 14.0. The molecule has 0 radical (unpaired) electrons. The Balaban J connectivity index is 1.33. The Labute approximate surface area is 189 Å². The smallest absolute Gasteiger partial charge is 0.231 e. The van der Waals surface area contributed by atoms with E-state index in [1.807, 2.05) is 60.0 Å². The number of nitrogens with one attached hydrogen (secondary N) is 1. The van der Waals surface area contributed by atoms with Crippen LogP contribution in [0.5, 0.6) is 0 Å². The van der Waals surface area contributed by atoms with Gasteiger partial charge in [-0.2, -0.15) is 0 Å². The number of benzene rings is 2. The average molecular weight is 447 g/mol. The van der Waals surface area contributed by atoms with Gasteiger partial charge in [-0.3, -0.25) is 9.36 Å². The zero-order chi connectivity index (χ0) is 21.0. The van der Waals surface area contributed by atoms with Crippen molar-refractivity contribution in [3.05, 3.63) is 94.4 Å². The first-order valence-corrected chi connectivity index (χ1v) is 12.2. The Hall–Kier alpha value is -2.90. The predicted molar refractivity (Wildman–Crippen MR) is 125 cm³/mol. The minimum Gasteiger partial charge on any atom is -0.344 e. The number of carbonyl (C=O) groups is 1. The second-order valence-corrected chi connectivity index (χ2v) is 9.42. The quantitative estimate of drug-likeness (QED) is 0.378. The minimum atomic E-state index is -0.150. The zero-order valence-electron chi connectivity index (χ0n) is 16.8. The molecular formula is C24H22N4OS2. The number of hydrogen-bond acceptors (Lipinski definition) is 5. The van der Waals surface area contributed by atoms with Crippen molar-refractivity contribution in [2.24, 2.45) is 0 Å². The van der Waals surface area contributed by atoms with Gasteiger partial charge < -0.3 is 5.32 Å². The third-order valence-electron chi connectivity index (χ3n) is 5.21. The largest absolute Gasteiger partial charge is 0.344 e. The summed E-state index contributed by atoms with van der Waals surface area (Å²) in [5.74, 6) is 1.72. The number of aromatic nitrogens is 3. The van der Waals surface area contributed by atoms with Gasteiger partial charge in [-0.05, 0) is 42.0 Å². The second-order valence-electron chi connectivity index (χ2n) is 7.50. The van der Waals surface area contributed by atoms with Crippen LogP contribution in [-0.4, -0.2) is 26.4 Å². The molecule has 5 rings (SSSR count). The molecule has 1 fully saturated rings. The van der Waals surface area contributed by atoms with E-state index in [1.54, 1.807) is 11.3 Å². The van der Waals surface area contributed by atoms with Crippen molar-refractivity contribution in [3.63, 3.8) is 0 Å². The fourth-order valence-corrected chi connectivity index (χ4v) is 5.13. The molecule has 0 bridgehead atoms. The van der Waals surface area contributed by atoms with Gasteiger partial charge >= 0.3 is 0 Å². The van der Waals surface area contributed by atoms with Crippen molar-refractivity contribution in [1.29, 1.82) is 0 Å². The fraction of sp³-hybridized carbons (Fsp3) is 0.208. The summed E-state index contributed by atoms with van der Waals surface area (Å²) in [6, 6.07) is 24.1. The molecule has 1 saturated carbocycles. The number of amides is 1. The van der Waals surface area contributed by atoms with Crippen LogP contribution in [0.15, 0.2) is 83.3 Å². The highest BCUT2D eigenvalue weighted by atomic mass is 32.2. The highest BCUT2D eigenvalue weighted by Gasteiger charge is 2.31. The second kappa shape index (κ2) is 9.08. The SMILES string of the molecule is O=C(CSc1nnc(C2CC2)n1-c1ccccc1)NC(c1ccccc1)c1cccs1. The van der Waals surface area contributed by atoms with E-state index in [2.05, 4.69) is 38.3 Å². The van der Waals surface area contributed by atoms with E-state index in [4.69, 9.17) is 0 Å². The summed E-state index contributed by atoms with van der Waals surface area (Å²) in [6.45, 7) is 0.